The average molecular weight is 563 g/mol. The maximum Gasteiger partial charge on any atom is 0.240 e. The summed E-state index contributed by atoms with van der Waals surface area (Å²) >= 11 is 0. The number of rotatable bonds is 8. The van der Waals surface area contributed by atoms with Gasteiger partial charge in [0.2, 0.25) is 12.2 Å². The van der Waals surface area contributed by atoms with E-state index in [-0.39, 0.29) is 17.5 Å². The minimum atomic E-state index is -4.12. The van der Waals surface area contributed by atoms with Crippen molar-refractivity contribution in [1.29, 1.82) is 0 Å². The summed E-state index contributed by atoms with van der Waals surface area (Å²) in [6.07, 6.45) is 4.94. The molecular weight excluding hydrogens is 544 g/mol. The molecule has 0 atom stereocenters. The summed E-state index contributed by atoms with van der Waals surface area (Å²) in [5.74, 6) is 0. The molecule has 16 heteroatoms. The van der Waals surface area contributed by atoms with Gasteiger partial charge in [0.15, 0.2) is 39.3 Å². The van der Waals surface area contributed by atoms with Gasteiger partial charge < -0.3 is 0 Å². The van der Waals surface area contributed by atoms with E-state index in [1.165, 1.54) is 0 Å². The Kier molecular flexibility index (Phi) is 7.72. The zero-order chi connectivity index (χ0) is 27.0. The topological polar surface area (TPSA) is 195 Å². The summed E-state index contributed by atoms with van der Waals surface area (Å²) in [5.41, 5.74) is -1.25. The minimum absolute atomic E-state index is 0.0150. The maximum atomic E-state index is 12.3. The molecule has 0 amide bonds. The van der Waals surface area contributed by atoms with Gasteiger partial charge in [-0.15, -0.1) is 0 Å². The van der Waals surface area contributed by atoms with Crippen LogP contribution in [0.1, 0.15) is 11.1 Å². The number of benzene rings is 2. The van der Waals surface area contributed by atoms with Crippen molar-refractivity contribution in [3.8, 4) is 0 Å². The Morgan fingerprint density at radius 2 is 0.771 bits per heavy atom. The lowest BCUT2D eigenvalue weighted by atomic mass is 10.0. The zero-order valence-corrected chi connectivity index (χ0v) is 21.9. The van der Waals surface area contributed by atoms with E-state index in [2.05, 4.69) is 9.98 Å². The summed E-state index contributed by atoms with van der Waals surface area (Å²) in [5, 5.41) is 0. The Bertz CT molecular complexity index is 1520. The Hall–Kier alpha value is -3.00. The second-order valence-electron chi connectivity index (χ2n) is 7.55. The summed E-state index contributed by atoms with van der Waals surface area (Å²) in [6, 6.07) is 4.10. The molecule has 0 saturated carbocycles. The molecule has 0 saturated heterocycles. The Morgan fingerprint density at radius 3 is 0.943 bits per heavy atom. The van der Waals surface area contributed by atoms with E-state index in [0.29, 0.717) is 0 Å². The summed E-state index contributed by atoms with van der Waals surface area (Å²) < 4.78 is 98.5. The van der Waals surface area contributed by atoms with E-state index in [1.54, 1.807) is 0 Å². The molecule has 2 aromatic carbocycles. The molecule has 0 heterocycles. The fraction of sp³-hybridized carbons (Fsp3) is 0.263. The lowest BCUT2D eigenvalue weighted by Crippen LogP contribution is -2.08. The van der Waals surface area contributed by atoms with Crippen LogP contribution in [0.25, 0.3) is 0 Å². The maximum absolute atomic E-state index is 12.3. The second-order valence-corrected chi connectivity index (χ2v) is 15.5. The summed E-state index contributed by atoms with van der Waals surface area (Å²) in [7, 11) is -16.5. The quantitative estimate of drug-likeness (QED) is 0.328. The van der Waals surface area contributed by atoms with Gasteiger partial charge in [-0.05, 0) is 41.8 Å². The van der Waals surface area contributed by atoms with Crippen LogP contribution in [0.15, 0.2) is 53.8 Å². The van der Waals surface area contributed by atoms with Crippen LogP contribution in [0.5, 0.6) is 0 Å². The molecule has 0 N–H and O–H groups in total. The highest BCUT2D eigenvalue weighted by molar-refractivity contribution is 7.92. The normalized spacial score (nSPS) is 12.5. The van der Waals surface area contributed by atoms with Crippen LogP contribution in [0.3, 0.4) is 0 Å². The van der Waals surface area contributed by atoms with Gasteiger partial charge in [-0.2, -0.15) is 9.98 Å². The van der Waals surface area contributed by atoms with Gasteiger partial charge in [-0.1, -0.05) is 0 Å². The molecule has 0 fully saturated rings. The first-order valence-electron chi connectivity index (χ1n) is 9.10. The second kappa shape index (κ2) is 9.57. The van der Waals surface area contributed by atoms with E-state index >= 15 is 0 Å². The van der Waals surface area contributed by atoms with Crippen LogP contribution >= 0.6 is 0 Å². The zero-order valence-electron chi connectivity index (χ0n) is 18.6. The minimum Gasteiger partial charge on any atom is -0.224 e. The van der Waals surface area contributed by atoms with Crippen LogP contribution < -0.4 is 0 Å². The average Bonchev–Trinajstić information content (AvgIpc) is 2.66. The van der Waals surface area contributed by atoms with Crippen molar-refractivity contribution < 1.29 is 43.3 Å². The molecule has 0 aliphatic carbocycles. The number of hydrogen-bond donors (Lipinski definition) is 0. The van der Waals surface area contributed by atoms with E-state index in [1.807, 2.05) is 0 Å². The Balaban J connectivity index is 2.99. The number of sulfone groups is 4. The first-order valence-corrected chi connectivity index (χ1v) is 16.7. The van der Waals surface area contributed by atoms with Crippen molar-refractivity contribution in [3.05, 3.63) is 35.4 Å². The van der Waals surface area contributed by atoms with Crippen molar-refractivity contribution >= 4 is 62.9 Å². The lowest BCUT2D eigenvalue weighted by molar-refractivity contribution is 0.564. The third-order valence-electron chi connectivity index (χ3n) is 4.52. The van der Waals surface area contributed by atoms with Gasteiger partial charge in [-0.3, -0.25) is 0 Å². The highest BCUT2D eigenvalue weighted by atomic mass is 32.2. The van der Waals surface area contributed by atoms with Gasteiger partial charge in [0.05, 0.1) is 19.6 Å². The predicted octanol–water partition coefficient (Wildman–Crippen LogP) is 0.826. The molecule has 35 heavy (non-hydrogen) atoms. The molecule has 0 aromatic heterocycles. The Morgan fingerprint density at radius 1 is 0.543 bits per heavy atom. The first-order chi connectivity index (χ1) is 15.8. The highest BCUT2D eigenvalue weighted by Gasteiger charge is 2.26. The molecule has 0 bridgehead atoms. The molecular formula is C19H18N2O10S4. The molecule has 0 unspecified atom stereocenters. The predicted molar refractivity (Wildman–Crippen MR) is 124 cm³/mol. The van der Waals surface area contributed by atoms with E-state index < -0.39 is 70.3 Å². The number of nitrogens with zero attached hydrogens (tertiary/aromatic N) is 2. The number of isocyanates is 2. The van der Waals surface area contributed by atoms with E-state index in [9.17, 15) is 43.3 Å². The largest absolute Gasteiger partial charge is 0.240 e. The third-order valence-corrected chi connectivity index (χ3v) is 8.96. The summed E-state index contributed by atoms with van der Waals surface area (Å²) in [6.45, 7) is 0. The van der Waals surface area contributed by atoms with Crippen LogP contribution in [0, 0.1) is 0 Å². The molecule has 0 aliphatic heterocycles. The third kappa shape index (κ3) is 6.57. The van der Waals surface area contributed by atoms with E-state index in [0.717, 1.165) is 61.4 Å². The summed E-state index contributed by atoms with van der Waals surface area (Å²) in [4.78, 5) is 25.7. The fourth-order valence-corrected chi connectivity index (χ4v) is 6.77. The fourth-order valence-electron chi connectivity index (χ4n) is 3.16. The first kappa shape index (κ1) is 28.2. The van der Waals surface area contributed by atoms with Crippen molar-refractivity contribution in [2.45, 2.75) is 26.0 Å². The highest BCUT2D eigenvalue weighted by Crippen LogP contribution is 2.36. The van der Waals surface area contributed by atoms with Gasteiger partial charge in [0.25, 0.3) is 0 Å². The van der Waals surface area contributed by atoms with Crippen molar-refractivity contribution in [3.63, 3.8) is 0 Å². The van der Waals surface area contributed by atoms with Crippen molar-refractivity contribution in [2.75, 3.05) is 25.0 Å². The SMILES string of the molecule is CS(=O)(=O)c1cc(Cc2cc(S(C)(=O)=O)c(N=C=O)c(S(C)(=O)=O)c2)cc(S(C)(=O)=O)c1N=C=O. The lowest BCUT2D eigenvalue weighted by Gasteiger charge is -2.14. The molecule has 188 valence electrons. The van der Waals surface area contributed by atoms with Gasteiger partial charge in [-0.25, -0.2) is 43.3 Å². The van der Waals surface area contributed by atoms with Crippen LogP contribution in [-0.4, -0.2) is 70.9 Å². The number of hydrogen-bond acceptors (Lipinski definition) is 12. The monoisotopic (exact) mass is 562 g/mol. The van der Waals surface area contributed by atoms with Gasteiger partial charge in [0, 0.05) is 25.0 Å². The molecule has 0 radical (unpaired) electrons. The van der Waals surface area contributed by atoms with Crippen LogP contribution in [0.4, 0.5) is 11.4 Å². The number of carbonyl (C=O) groups excluding carboxylic acids is 2. The van der Waals surface area contributed by atoms with Crippen molar-refractivity contribution in [1.82, 2.24) is 0 Å². The van der Waals surface area contributed by atoms with Crippen molar-refractivity contribution in [2.24, 2.45) is 9.98 Å². The molecule has 12 nitrogen and oxygen atoms in total. The Labute approximate surface area is 202 Å². The smallest absolute Gasteiger partial charge is 0.224 e. The van der Waals surface area contributed by atoms with E-state index in [4.69, 9.17) is 0 Å². The van der Waals surface area contributed by atoms with Crippen LogP contribution in [-0.2, 0) is 55.4 Å². The molecule has 2 aromatic rings. The van der Waals surface area contributed by atoms with Gasteiger partial charge >= 0.3 is 0 Å². The van der Waals surface area contributed by atoms with Gasteiger partial charge in [0.1, 0.15) is 11.4 Å². The van der Waals surface area contributed by atoms with Crippen LogP contribution in [0.2, 0.25) is 0 Å². The molecule has 2 rings (SSSR count). The standard InChI is InChI=1S/C19H18N2O10S4/c1-32(24,25)14-6-12(7-15(33(2,26)27)18(14)20-10-22)5-13-8-16(34(3,28)29)19(21-11-23)17(9-13)35(4,30)31/h6-9H,5H2,1-4H3. The molecule has 0 aliphatic rings. The molecule has 0 spiro atoms. The number of aliphatic imine (C=N–C) groups is 2.